The van der Waals surface area contributed by atoms with E-state index >= 15 is 0 Å². The van der Waals surface area contributed by atoms with Gasteiger partial charge < -0.3 is 15.9 Å². The topological polar surface area (TPSA) is 95.1 Å². The summed E-state index contributed by atoms with van der Waals surface area (Å²) in [7, 11) is 0. The molecule has 3 aromatic rings. The number of nitrogens with one attached hydrogen (secondary N) is 1. The number of ether oxygens (including phenoxy) is 1. The molecular formula is C22H25N5O2S. The molecule has 30 heavy (non-hydrogen) atoms. The van der Waals surface area contributed by atoms with Crippen molar-refractivity contribution in [2.45, 2.75) is 43.5 Å². The van der Waals surface area contributed by atoms with Crippen molar-refractivity contribution in [3.8, 4) is 17.1 Å². The number of thioether (sulfide) groups is 1. The minimum absolute atomic E-state index is 0.0939. The van der Waals surface area contributed by atoms with Crippen LogP contribution in [-0.4, -0.2) is 32.6 Å². The van der Waals surface area contributed by atoms with Gasteiger partial charge >= 0.3 is 0 Å². The van der Waals surface area contributed by atoms with Gasteiger partial charge in [0.1, 0.15) is 5.75 Å². The molecule has 4 rings (SSSR count). The van der Waals surface area contributed by atoms with Crippen LogP contribution < -0.4 is 15.9 Å². The molecule has 0 aliphatic heterocycles. The highest BCUT2D eigenvalue weighted by Gasteiger charge is 2.21. The second kappa shape index (κ2) is 8.79. The molecular weight excluding hydrogens is 398 g/mol. The molecule has 0 fully saturated rings. The van der Waals surface area contributed by atoms with Gasteiger partial charge in [0.25, 0.3) is 0 Å². The Morgan fingerprint density at radius 3 is 2.73 bits per heavy atom. The molecule has 0 radical (unpaired) electrons. The third kappa shape index (κ3) is 4.28. The number of benzene rings is 2. The van der Waals surface area contributed by atoms with Gasteiger partial charge in [-0.2, -0.15) is 0 Å². The van der Waals surface area contributed by atoms with Crippen molar-refractivity contribution in [1.82, 2.24) is 14.9 Å². The summed E-state index contributed by atoms with van der Waals surface area (Å²) in [5.74, 6) is 7.43. The number of anilines is 1. The van der Waals surface area contributed by atoms with E-state index in [9.17, 15) is 4.79 Å². The number of fused-ring (bicyclic) bond motifs is 1. The van der Waals surface area contributed by atoms with Crippen LogP contribution >= 0.6 is 11.8 Å². The first-order valence-electron chi connectivity index (χ1n) is 10.1. The van der Waals surface area contributed by atoms with Crippen LogP contribution in [0.15, 0.2) is 47.6 Å². The molecule has 0 spiro atoms. The normalized spacial score (nSPS) is 13.7. The zero-order valence-electron chi connectivity index (χ0n) is 17.1. The Hall–Kier alpha value is -3.00. The number of aromatic nitrogens is 3. The summed E-state index contributed by atoms with van der Waals surface area (Å²) >= 11 is 1.28. The van der Waals surface area contributed by atoms with Crippen LogP contribution in [0.2, 0.25) is 0 Å². The van der Waals surface area contributed by atoms with Crippen molar-refractivity contribution in [3.63, 3.8) is 0 Å². The van der Waals surface area contributed by atoms with Gasteiger partial charge in [0, 0.05) is 11.3 Å². The molecule has 1 amide bonds. The number of hydrogen-bond donors (Lipinski definition) is 2. The van der Waals surface area contributed by atoms with Gasteiger partial charge in [-0.15, -0.1) is 10.2 Å². The molecule has 1 aliphatic rings. The van der Waals surface area contributed by atoms with Crippen LogP contribution in [0.3, 0.4) is 0 Å². The SMILES string of the molecule is CCOc1ccc(-c2nnc(S[C@H](C)C(=O)Nc3ccc4c(c3)CCC4)n2N)cc1. The third-order valence-electron chi connectivity index (χ3n) is 5.11. The minimum Gasteiger partial charge on any atom is -0.494 e. The predicted molar refractivity (Wildman–Crippen MR) is 119 cm³/mol. The van der Waals surface area contributed by atoms with Crippen LogP contribution in [0.4, 0.5) is 5.69 Å². The van der Waals surface area contributed by atoms with Gasteiger partial charge in [0.05, 0.1) is 11.9 Å². The van der Waals surface area contributed by atoms with Gasteiger partial charge in [-0.3, -0.25) is 4.79 Å². The molecule has 2 aromatic carbocycles. The van der Waals surface area contributed by atoms with E-state index in [1.165, 1.54) is 34.0 Å². The Morgan fingerprint density at radius 2 is 1.97 bits per heavy atom. The zero-order valence-corrected chi connectivity index (χ0v) is 17.9. The monoisotopic (exact) mass is 423 g/mol. The average Bonchev–Trinajstić information content (AvgIpc) is 3.35. The predicted octanol–water partition coefficient (Wildman–Crippen LogP) is 3.67. The summed E-state index contributed by atoms with van der Waals surface area (Å²) in [6, 6.07) is 13.7. The molecule has 0 unspecified atom stereocenters. The van der Waals surface area contributed by atoms with Gasteiger partial charge in [0.2, 0.25) is 11.1 Å². The maximum Gasteiger partial charge on any atom is 0.237 e. The number of carbonyl (C=O) groups is 1. The summed E-state index contributed by atoms with van der Waals surface area (Å²) in [6.07, 6.45) is 3.38. The van der Waals surface area contributed by atoms with Gasteiger partial charge in [0.15, 0.2) is 5.82 Å². The smallest absolute Gasteiger partial charge is 0.237 e. The largest absolute Gasteiger partial charge is 0.494 e. The van der Waals surface area contributed by atoms with E-state index in [1.807, 2.05) is 44.2 Å². The van der Waals surface area contributed by atoms with E-state index in [-0.39, 0.29) is 11.2 Å². The zero-order chi connectivity index (χ0) is 21.1. The van der Waals surface area contributed by atoms with Crippen LogP contribution in [0, 0.1) is 0 Å². The third-order valence-corrected chi connectivity index (χ3v) is 6.16. The van der Waals surface area contributed by atoms with E-state index in [2.05, 4.69) is 27.6 Å². The fraction of sp³-hybridized carbons (Fsp3) is 0.318. The molecule has 0 bridgehead atoms. The van der Waals surface area contributed by atoms with E-state index in [1.54, 1.807) is 0 Å². The molecule has 8 heteroatoms. The number of nitrogen functional groups attached to an aromatic ring is 1. The van der Waals surface area contributed by atoms with E-state index in [0.717, 1.165) is 29.8 Å². The lowest BCUT2D eigenvalue weighted by Crippen LogP contribution is -2.23. The molecule has 3 N–H and O–H groups in total. The maximum atomic E-state index is 12.7. The Balaban J connectivity index is 1.42. The highest BCUT2D eigenvalue weighted by Crippen LogP contribution is 2.28. The van der Waals surface area contributed by atoms with Crippen molar-refractivity contribution in [2.75, 3.05) is 17.8 Å². The molecule has 1 atom stereocenters. The van der Waals surface area contributed by atoms with Crippen molar-refractivity contribution >= 4 is 23.4 Å². The molecule has 156 valence electrons. The summed E-state index contributed by atoms with van der Waals surface area (Å²) in [6.45, 7) is 4.38. The summed E-state index contributed by atoms with van der Waals surface area (Å²) in [4.78, 5) is 12.7. The molecule has 1 heterocycles. The van der Waals surface area contributed by atoms with Gasteiger partial charge in [-0.1, -0.05) is 17.8 Å². The average molecular weight is 424 g/mol. The number of nitrogens with zero attached hydrogens (tertiary/aromatic N) is 3. The number of hydrogen-bond acceptors (Lipinski definition) is 6. The van der Waals surface area contributed by atoms with E-state index in [4.69, 9.17) is 10.6 Å². The Morgan fingerprint density at radius 1 is 1.20 bits per heavy atom. The number of carbonyl (C=O) groups excluding carboxylic acids is 1. The summed E-state index contributed by atoms with van der Waals surface area (Å²) in [5, 5.41) is 11.5. The molecule has 0 saturated heterocycles. The summed E-state index contributed by atoms with van der Waals surface area (Å²) in [5.41, 5.74) is 4.37. The van der Waals surface area contributed by atoms with Gasteiger partial charge in [-0.05, 0) is 80.6 Å². The first-order valence-corrected chi connectivity index (χ1v) is 11.0. The standard InChI is InChI=1S/C22H25N5O2S/c1-3-29-19-11-8-16(9-12-19)20-25-26-22(27(20)23)30-14(2)21(28)24-18-10-7-15-5-4-6-17(15)13-18/h7-14H,3-6,23H2,1-2H3,(H,24,28)/t14-/m1/s1. The Kier molecular flexibility index (Phi) is 5.94. The van der Waals surface area contributed by atoms with Crippen LogP contribution in [-0.2, 0) is 17.6 Å². The molecule has 0 saturated carbocycles. The van der Waals surface area contributed by atoms with Crippen molar-refractivity contribution < 1.29 is 9.53 Å². The van der Waals surface area contributed by atoms with Crippen LogP contribution in [0.25, 0.3) is 11.4 Å². The van der Waals surface area contributed by atoms with Crippen LogP contribution in [0.1, 0.15) is 31.4 Å². The second-order valence-electron chi connectivity index (χ2n) is 7.22. The fourth-order valence-corrected chi connectivity index (χ4v) is 4.30. The highest BCUT2D eigenvalue weighted by molar-refractivity contribution is 8.00. The Bertz CT molecular complexity index is 1050. The number of nitrogens with two attached hydrogens (primary N) is 1. The number of aryl methyl sites for hydroxylation is 2. The van der Waals surface area contributed by atoms with E-state index < -0.39 is 0 Å². The minimum atomic E-state index is -0.377. The van der Waals surface area contributed by atoms with Crippen molar-refractivity contribution in [3.05, 3.63) is 53.6 Å². The fourth-order valence-electron chi connectivity index (χ4n) is 3.53. The van der Waals surface area contributed by atoms with Gasteiger partial charge in [-0.25, -0.2) is 4.68 Å². The molecule has 1 aliphatic carbocycles. The quantitative estimate of drug-likeness (QED) is 0.445. The molecule has 7 nitrogen and oxygen atoms in total. The number of rotatable bonds is 7. The lowest BCUT2D eigenvalue weighted by atomic mass is 10.1. The van der Waals surface area contributed by atoms with Crippen molar-refractivity contribution in [1.29, 1.82) is 0 Å². The van der Waals surface area contributed by atoms with E-state index in [0.29, 0.717) is 17.6 Å². The van der Waals surface area contributed by atoms with Crippen molar-refractivity contribution in [2.24, 2.45) is 0 Å². The maximum absolute atomic E-state index is 12.7. The summed E-state index contributed by atoms with van der Waals surface area (Å²) < 4.78 is 6.88. The number of amides is 1. The lowest BCUT2D eigenvalue weighted by Gasteiger charge is -2.12. The first kappa shape index (κ1) is 20.3. The Labute approximate surface area is 180 Å². The highest BCUT2D eigenvalue weighted by atomic mass is 32.2. The van der Waals surface area contributed by atoms with Crippen LogP contribution in [0.5, 0.6) is 5.75 Å². The second-order valence-corrected chi connectivity index (χ2v) is 8.53. The first-order chi connectivity index (χ1) is 14.5. The molecule has 1 aromatic heterocycles. The lowest BCUT2D eigenvalue weighted by molar-refractivity contribution is -0.115.